The van der Waals surface area contributed by atoms with Crippen LogP contribution in [0.4, 0.5) is 4.39 Å². The molecule has 5 aromatic rings. The average Bonchev–Trinajstić information content (AvgIpc) is 3.50. The van der Waals surface area contributed by atoms with Crippen molar-refractivity contribution in [2.45, 2.75) is 46.0 Å². The molecule has 0 amide bonds. The summed E-state index contributed by atoms with van der Waals surface area (Å²) >= 11 is 0. The smallest absolute Gasteiger partial charge is 0.335 e. The SMILES string of the molecule is CC(C)(C)C(=O)n1ncc2cc3c(cc21)c(Cc1ccc(C(=O)O)cc1)c(C1CCOCC1)n3-c1ccc(F)cc1. The van der Waals surface area contributed by atoms with Gasteiger partial charge >= 0.3 is 5.97 Å². The van der Waals surface area contributed by atoms with E-state index in [0.29, 0.717) is 19.6 Å². The molecule has 7 nitrogen and oxygen atoms in total. The van der Waals surface area contributed by atoms with Crippen LogP contribution in [-0.2, 0) is 11.2 Å². The van der Waals surface area contributed by atoms with Gasteiger partial charge in [0.05, 0.1) is 22.8 Å². The zero-order valence-electron chi connectivity index (χ0n) is 23.4. The predicted octanol–water partition coefficient (Wildman–Crippen LogP) is 6.99. The van der Waals surface area contributed by atoms with Crippen molar-refractivity contribution in [3.05, 3.63) is 95.1 Å². The molecule has 0 saturated carbocycles. The molecule has 3 aromatic carbocycles. The highest BCUT2D eigenvalue weighted by Crippen LogP contribution is 2.41. The first-order valence-electron chi connectivity index (χ1n) is 13.9. The summed E-state index contributed by atoms with van der Waals surface area (Å²) in [6.45, 7) is 6.93. The van der Waals surface area contributed by atoms with Crippen molar-refractivity contribution < 1.29 is 23.8 Å². The maximum atomic E-state index is 14.0. The molecule has 0 atom stereocenters. The first-order chi connectivity index (χ1) is 19.6. The third-order valence-electron chi connectivity index (χ3n) is 7.91. The van der Waals surface area contributed by atoms with Crippen molar-refractivity contribution in [2.75, 3.05) is 13.2 Å². The number of hydrogen-bond donors (Lipinski definition) is 1. The number of carboxylic acid groups (broad SMARTS) is 1. The molecule has 1 N–H and O–H groups in total. The number of hydrogen-bond acceptors (Lipinski definition) is 4. The maximum absolute atomic E-state index is 14.0. The number of ether oxygens (including phenoxy) is 1. The van der Waals surface area contributed by atoms with Crippen LogP contribution in [0, 0.1) is 11.2 Å². The zero-order chi connectivity index (χ0) is 28.9. The summed E-state index contributed by atoms with van der Waals surface area (Å²) < 4.78 is 23.4. The summed E-state index contributed by atoms with van der Waals surface area (Å²) in [5.74, 6) is -1.17. The Hall–Kier alpha value is -4.30. The molecule has 1 saturated heterocycles. The number of fused-ring (bicyclic) bond motifs is 2. The first-order valence-corrected chi connectivity index (χ1v) is 13.9. The van der Waals surface area contributed by atoms with Crippen molar-refractivity contribution in [3.63, 3.8) is 0 Å². The van der Waals surface area contributed by atoms with Gasteiger partial charge in [0.25, 0.3) is 5.91 Å². The molecule has 0 aliphatic carbocycles. The van der Waals surface area contributed by atoms with E-state index < -0.39 is 11.4 Å². The van der Waals surface area contributed by atoms with Gasteiger partial charge in [-0.15, -0.1) is 0 Å². The zero-order valence-corrected chi connectivity index (χ0v) is 23.4. The molecule has 0 spiro atoms. The van der Waals surface area contributed by atoms with E-state index in [2.05, 4.69) is 15.7 Å². The third kappa shape index (κ3) is 4.93. The second-order valence-corrected chi connectivity index (χ2v) is 11.8. The van der Waals surface area contributed by atoms with Crippen LogP contribution >= 0.6 is 0 Å². The molecule has 2 aromatic heterocycles. The Labute approximate surface area is 237 Å². The third-order valence-corrected chi connectivity index (χ3v) is 7.91. The van der Waals surface area contributed by atoms with E-state index in [-0.39, 0.29) is 23.2 Å². The second-order valence-electron chi connectivity index (χ2n) is 11.8. The van der Waals surface area contributed by atoms with Gasteiger partial charge in [0.2, 0.25) is 0 Å². The lowest BCUT2D eigenvalue weighted by Crippen LogP contribution is -2.27. The topological polar surface area (TPSA) is 86.3 Å². The largest absolute Gasteiger partial charge is 0.478 e. The minimum atomic E-state index is -0.966. The fraction of sp³-hybridized carbons (Fsp3) is 0.303. The second kappa shape index (κ2) is 10.3. The van der Waals surface area contributed by atoms with Crippen LogP contribution in [0.25, 0.3) is 27.5 Å². The normalized spacial score (nSPS) is 14.6. The number of carboxylic acids is 1. The molecule has 8 heteroatoms. The van der Waals surface area contributed by atoms with Gasteiger partial charge in [-0.25, -0.2) is 9.18 Å². The molecule has 0 bridgehead atoms. The predicted molar refractivity (Wildman–Crippen MR) is 156 cm³/mol. The molecular weight excluding hydrogens is 521 g/mol. The van der Waals surface area contributed by atoms with E-state index in [1.54, 1.807) is 30.5 Å². The fourth-order valence-corrected chi connectivity index (χ4v) is 5.79. The molecule has 1 aliphatic heterocycles. The number of nitrogens with zero attached hydrogens (tertiary/aromatic N) is 3. The number of carbonyl (C=O) groups excluding carboxylic acids is 1. The van der Waals surface area contributed by atoms with Gasteiger partial charge in [-0.05, 0) is 78.9 Å². The lowest BCUT2D eigenvalue weighted by molar-refractivity contribution is 0.0695. The van der Waals surface area contributed by atoms with Gasteiger partial charge in [0, 0.05) is 46.7 Å². The number of carbonyl (C=O) groups is 2. The Morgan fingerprint density at radius 2 is 1.68 bits per heavy atom. The molecule has 41 heavy (non-hydrogen) atoms. The number of aromatic carboxylic acids is 1. The summed E-state index contributed by atoms with van der Waals surface area (Å²) in [4.78, 5) is 24.8. The molecule has 1 aliphatic rings. The van der Waals surface area contributed by atoms with E-state index in [0.717, 1.165) is 57.2 Å². The molecule has 1 fully saturated rings. The summed E-state index contributed by atoms with van der Waals surface area (Å²) in [6.07, 6.45) is 3.97. The van der Waals surface area contributed by atoms with Crippen molar-refractivity contribution in [1.29, 1.82) is 0 Å². The van der Waals surface area contributed by atoms with E-state index >= 15 is 0 Å². The van der Waals surface area contributed by atoms with Gasteiger partial charge in [0.15, 0.2) is 0 Å². The van der Waals surface area contributed by atoms with Crippen molar-refractivity contribution >= 4 is 33.7 Å². The molecule has 210 valence electrons. The fourth-order valence-electron chi connectivity index (χ4n) is 5.79. The standard InChI is InChI=1S/C33H32FN3O4/c1-33(2,3)32(40)37-28-18-26-27(16-20-4-6-22(7-5-20)31(38)39)30(21-12-14-41-15-13-21)36(25-10-8-24(34)9-11-25)29(26)17-23(28)19-35-37/h4-11,17-19,21H,12-16H2,1-3H3,(H,38,39). The van der Waals surface area contributed by atoms with Crippen LogP contribution in [0.2, 0.25) is 0 Å². The van der Waals surface area contributed by atoms with Crippen LogP contribution in [0.5, 0.6) is 0 Å². The Kier molecular flexibility index (Phi) is 6.74. The maximum Gasteiger partial charge on any atom is 0.335 e. The minimum absolute atomic E-state index is 0.0970. The van der Waals surface area contributed by atoms with Crippen LogP contribution in [0.3, 0.4) is 0 Å². The monoisotopic (exact) mass is 553 g/mol. The van der Waals surface area contributed by atoms with Gasteiger partial charge in [-0.3, -0.25) is 4.79 Å². The van der Waals surface area contributed by atoms with E-state index in [9.17, 15) is 19.1 Å². The molecule has 3 heterocycles. The molecule has 6 rings (SSSR count). The Balaban J connectivity index is 1.64. The van der Waals surface area contributed by atoms with Gasteiger partial charge in [0.1, 0.15) is 5.82 Å². The number of benzene rings is 3. The molecular formula is C33H32FN3O4. The lowest BCUT2D eigenvalue weighted by Gasteiger charge is -2.26. The molecule has 0 unspecified atom stereocenters. The van der Waals surface area contributed by atoms with Crippen LogP contribution < -0.4 is 0 Å². The first kappa shape index (κ1) is 26.9. The lowest BCUT2D eigenvalue weighted by atomic mass is 9.90. The average molecular weight is 554 g/mol. The highest BCUT2D eigenvalue weighted by molar-refractivity contribution is 6.02. The summed E-state index contributed by atoms with van der Waals surface area (Å²) in [7, 11) is 0. The van der Waals surface area contributed by atoms with Gasteiger partial charge in [-0.2, -0.15) is 9.78 Å². The van der Waals surface area contributed by atoms with Gasteiger partial charge in [-0.1, -0.05) is 32.9 Å². The van der Waals surface area contributed by atoms with Crippen LogP contribution in [-0.4, -0.2) is 44.5 Å². The van der Waals surface area contributed by atoms with E-state index in [1.165, 1.54) is 16.8 Å². The highest BCUT2D eigenvalue weighted by atomic mass is 19.1. The van der Waals surface area contributed by atoms with Crippen molar-refractivity contribution in [1.82, 2.24) is 14.3 Å². The van der Waals surface area contributed by atoms with Crippen LogP contribution in [0.1, 0.15) is 71.5 Å². The quantitative estimate of drug-likeness (QED) is 0.254. The Morgan fingerprint density at radius 1 is 1.00 bits per heavy atom. The van der Waals surface area contributed by atoms with Crippen LogP contribution in [0.15, 0.2) is 66.9 Å². The summed E-state index contributed by atoms with van der Waals surface area (Å²) in [6, 6.07) is 17.6. The molecule has 0 radical (unpaired) electrons. The van der Waals surface area contributed by atoms with Crippen molar-refractivity contribution in [3.8, 4) is 5.69 Å². The minimum Gasteiger partial charge on any atom is -0.478 e. The number of aromatic nitrogens is 3. The summed E-state index contributed by atoms with van der Waals surface area (Å²) in [5, 5.41) is 15.7. The number of halogens is 1. The highest BCUT2D eigenvalue weighted by Gasteiger charge is 2.29. The summed E-state index contributed by atoms with van der Waals surface area (Å²) in [5.41, 5.74) is 5.35. The van der Waals surface area contributed by atoms with Crippen molar-refractivity contribution in [2.24, 2.45) is 5.41 Å². The van der Waals surface area contributed by atoms with Gasteiger partial charge < -0.3 is 14.4 Å². The van der Waals surface area contributed by atoms with E-state index in [4.69, 9.17) is 4.74 Å². The van der Waals surface area contributed by atoms with E-state index in [1.807, 2.05) is 39.0 Å². The Morgan fingerprint density at radius 3 is 2.32 bits per heavy atom. The Bertz CT molecular complexity index is 1770. The number of rotatable bonds is 5.